The summed E-state index contributed by atoms with van der Waals surface area (Å²) in [6.45, 7) is 3.24. The largest absolute Gasteiger partial charge is 0.322 e. The maximum atomic E-state index is 13.3. The number of urea groups is 1. The fraction of sp³-hybridized carbons (Fsp3) is 0.280. The second-order valence-electron chi connectivity index (χ2n) is 8.52. The number of benzene rings is 2. The number of aryl methyl sites for hydroxylation is 2. The van der Waals surface area contributed by atoms with Crippen LogP contribution in [-0.4, -0.2) is 42.0 Å². The zero-order chi connectivity index (χ0) is 23.7. The number of carbonyl (C=O) groups is 1. The van der Waals surface area contributed by atoms with Crippen molar-refractivity contribution in [2.45, 2.75) is 32.4 Å². The minimum Gasteiger partial charge on any atom is -0.314 e. The van der Waals surface area contributed by atoms with Gasteiger partial charge < -0.3 is 14.8 Å². The molecular weight excluding hydrogens is 450 g/mol. The first-order chi connectivity index (χ1) is 16.5. The molecule has 2 aromatic carbocycles. The molecule has 1 fully saturated rings. The highest BCUT2D eigenvalue weighted by Gasteiger charge is 2.34. The lowest BCUT2D eigenvalue weighted by Crippen LogP contribution is -2.35. The van der Waals surface area contributed by atoms with Gasteiger partial charge in [0.2, 0.25) is 0 Å². The van der Waals surface area contributed by atoms with Gasteiger partial charge in [0, 0.05) is 36.1 Å². The molecule has 1 atom stereocenters. The van der Waals surface area contributed by atoms with Crippen molar-refractivity contribution in [3.8, 4) is 11.3 Å². The number of amides is 2. The summed E-state index contributed by atoms with van der Waals surface area (Å²) in [6, 6.07) is 17.3. The third-order valence-corrected chi connectivity index (χ3v) is 6.51. The topological polar surface area (TPSA) is 80.9 Å². The Labute approximate surface area is 203 Å². The first-order valence-electron chi connectivity index (χ1n) is 11.3. The molecule has 4 aromatic rings. The molecule has 0 saturated carbocycles. The van der Waals surface area contributed by atoms with Crippen LogP contribution in [0.1, 0.15) is 36.1 Å². The van der Waals surface area contributed by atoms with Crippen molar-refractivity contribution in [1.29, 1.82) is 0 Å². The van der Waals surface area contributed by atoms with Crippen LogP contribution in [0.15, 0.2) is 60.8 Å². The Morgan fingerprint density at radius 3 is 2.74 bits per heavy atom. The fourth-order valence-corrected chi connectivity index (χ4v) is 4.62. The van der Waals surface area contributed by atoms with E-state index in [1.54, 1.807) is 6.20 Å². The number of halogens is 1. The van der Waals surface area contributed by atoms with Crippen LogP contribution in [0.3, 0.4) is 0 Å². The number of anilines is 1. The molecule has 0 radical (unpaired) electrons. The van der Waals surface area contributed by atoms with Crippen LogP contribution in [0, 0.1) is 6.92 Å². The van der Waals surface area contributed by atoms with E-state index in [0.717, 1.165) is 47.0 Å². The highest BCUT2D eigenvalue weighted by molar-refractivity contribution is 6.30. The summed E-state index contributed by atoms with van der Waals surface area (Å²) in [4.78, 5) is 15.2. The molecule has 1 aliphatic heterocycles. The molecule has 5 rings (SSSR count). The van der Waals surface area contributed by atoms with Crippen molar-refractivity contribution in [2.24, 2.45) is 7.05 Å². The van der Waals surface area contributed by atoms with E-state index in [0.29, 0.717) is 18.1 Å². The molecule has 9 heteroatoms. The number of nitrogens with zero attached hydrogens (tertiary/aromatic N) is 6. The monoisotopic (exact) mass is 475 g/mol. The van der Waals surface area contributed by atoms with Gasteiger partial charge in [-0.1, -0.05) is 35.9 Å². The lowest BCUT2D eigenvalue weighted by molar-refractivity contribution is 0.204. The van der Waals surface area contributed by atoms with Crippen molar-refractivity contribution in [3.05, 3.63) is 83.0 Å². The Kier molecular flexibility index (Phi) is 6.06. The summed E-state index contributed by atoms with van der Waals surface area (Å²) in [5.41, 5.74) is 3.83. The molecule has 0 bridgehead atoms. The van der Waals surface area contributed by atoms with Gasteiger partial charge in [-0.15, -0.1) is 10.2 Å². The molecular formula is C25H26ClN7O. The first kappa shape index (κ1) is 22.2. The summed E-state index contributed by atoms with van der Waals surface area (Å²) in [5, 5.41) is 16.8. The van der Waals surface area contributed by atoms with Crippen LogP contribution >= 0.6 is 11.6 Å². The van der Waals surface area contributed by atoms with E-state index in [-0.39, 0.29) is 12.1 Å². The normalized spacial score (nSPS) is 15.6. The summed E-state index contributed by atoms with van der Waals surface area (Å²) in [6.07, 6.45) is 3.53. The average Bonchev–Trinajstić information content (AvgIpc) is 3.56. The van der Waals surface area contributed by atoms with E-state index < -0.39 is 0 Å². The predicted molar refractivity (Wildman–Crippen MR) is 132 cm³/mol. The highest BCUT2D eigenvalue weighted by Crippen LogP contribution is 2.32. The Morgan fingerprint density at radius 1 is 1.15 bits per heavy atom. The Bertz CT molecular complexity index is 1310. The van der Waals surface area contributed by atoms with Crippen molar-refractivity contribution in [2.75, 3.05) is 11.9 Å². The number of carbonyl (C=O) groups excluding carboxylic acids is 1. The molecule has 3 heterocycles. The van der Waals surface area contributed by atoms with E-state index in [1.165, 1.54) is 0 Å². The van der Waals surface area contributed by atoms with Crippen LogP contribution in [-0.2, 0) is 13.6 Å². The van der Waals surface area contributed by atoms with Crippen molar-refractivity contribution in [1.82, 2.24) is 29.4 Å². The summed E-state index contributed by atoms with van der Waals surface area (Å²) >= 11 is 6.04. The molecule has 34 heavy (non-hydrogen) atoms. The Hall–Kier alpha value is -3.65. The van der Waals surface area contributed by atoms with E-state index in [1.807, 2.05) is 78.2 Å². The third kappa shape index (κ3) is 4.41. The van der Waals surface area contributed by atoms with Gasteiger partial charge in [-0.2, -0.15) is 5.10 Å². The van der Waals surface area contributed by atoms with Crippen LogP contribution in [0.2, 0.25) is 5.02 Å². The Balaban J connectivity index is 1.35. The maximum absolute atomic E-state index is 13.3. The van der Waals surface area contributed by atoms with Gasteiger partial charge in [0.15, 0.2) is 5.82 Å². The average molecular weight is 476 g/mol. The predicted octanol–water partition coefficient (Wildman–Crippen LogP) is 5.06. The highest BCUT2D eigenvalue weighted by atomic mass is 35.5. The maximum Gasteiger partial charge on any atom is 0.322 e. The van der Waals surface area contributed by atoms with Crippen molar-refractivity contribution >= 4 is 23.3 Å². The van der Waals surface area contributed by atoms with E-state index in [2.05, 4.69) is 25.2 Å². The quantitative estimate of drug-likeness (QED) is 0.437. The lowest BCUT2D eigenvalue weighted by Gasteiger charge is -2.25. The van der Waals surface area contributed by atoms with Gasteiger partial charge in [0.1, 0.15) is 5.82 Å². The molecule has 0 unspecified atom stereocenters. The van der Waals surface area contributed by atoms with Gasteiger partial charge in [-0.25, -0.2) is 4.79 Å². The number of nitrogens with one attached hydrogen (secondary N) is 1. The number of hydrogen-bond acceptors (Lipinski definition) is 4. The molecule has 0 aliphatic carbocycles. The first-order valence-corrected chi connectivity index (χ1v) is 11.7. The van der Waals surface area contributed by atoms with Crippen LogP contribution in [0.5, 0.6) is 0 Å². The summed E-state index contributed by atoms with van der Waals surface area (Å²) < 4.78 is 3.90. The fourth-order valence-electron chi connectivity index (χ4n) is 4.50. The number of rotatable bonds is 5. The molecule has 8 nitrogen and oxygen atoms in total. The molecule has 1 saturated heterocycles. The molecule has 1 N–H and O–H groups in total. The second-order valence-corrected chi connectivity index (χ2v) is 8.96. The van der Waals surface area contributed by atoms with Gasteiger partial charge in [-0.05, 0) is 55.7 Å². The minimum absolute atomic E-state index is 0.131. The molecule has 2 aromatic heterocycles. The van der Waals surface area contributed by atoms with E-state index in [9.17, 15) is 4.79 Å². The van der Waals surface area contributed by atoms with E-state index in [4.69, 9.17) is 11.6 Å². The van der Waals surface area contributed by atoms with Crippen LogP contribution < -0.4 is 5.32 Å². The number of hydrogen-bond donors (Lipinski definition) is 1. The van der Waals surface area contributed by atoms with Crippen molar-refractivity contribution in [3.63, 3.8) is 0 Å². The van der Waals surface area contributed by atoms with Gasteiger partial charge in [0.25, 0.3) is 0 Å². The van der Waals surface area contributed by atoms with Crippen molar-refractivity contribution < 1.29 is 4.79 Å². The van der Waals surface area contributed by atoms with Crippen LogP contribution in [0.4, 0.5) is 10.5 Å². The SMILES string of the molecule is Cc1nnc([C@H]2CCCN2C(=O)Nc2cccc(-c3ccnn3C)c2)n1Cc1ccc(Cl)cc1. The summed E-state index contributed by atoms with van der Waals surface area (Å²) in [7, 11) is 1.90. The zero-order valence-electron chi connectivity index (χ0n) is 19.1. The molecule has 174 valence electrons. The number of likely N-dealkylation sites (tertiary alicyclic amines) is 1. The smallest absolute Gasteiger partial charge is 0.314 e. The Morgan fingerprint density at radius 2 is 1.97 bits per heavy atom. The summed E-state index contributed by atoms with van der Waals surface area (Å²) in [5.74, 6) is 1.63. The van der Waals surface area contributed by atoms with Gasteiger partial charge in [0.05, 0.1) is 18.3 Å². The third-order valence-electron chi connectivity index (χ3n) is 6.26. The second kappa shape index (κ2) is 9.30. The van der Waals surface area contributed by atoms with E-state index >= 15 is 0 Å². The molecule has 1 aliphatic rings. The van der Waals surface area contributed by atoms with Gasteiger partial charge in [-0.3, -0.25) is 4.68 Å². The molecule has 2 amide bonds. The zero-order valence-corrected chi connectivity index (χ0v) is 19.9. The standard InChI is InChI=1S/C25H26ClN7O/c1-17-29-30-24(33(17)16-18-8-10-20(26)11-9-18)23-7-4-14-32(23)25(34)28-21-6-3-5-19(15-21)22-12-13-27-31(22)2/h3,5-6,8-13,15,23H,4,7,14,16H2,1-2H3,(H,28,34)/t23-/m1/s1. The van der Waals surface area contributed by atoms with Gasteiger partial charge >= 0.3 is 6.03 Å². The van der Waals surface area contributed by atoms with Crippen LogP contribution in [0.25, 0.3) is 11.3 Å². The number of aromatic nitrogens is 5. The lowest BCUT2D eigenvalue weighted by atomic mass is 10.1. The minimum atomic E-state index is -0.136. The molecule has 0 spiro atoms.